The van der Waals surface area contributed by atoms with Gasteiger partial charge in [-0.3, -0.25) is 4.68 Å². The molecule has 0 unspecified atom stereocenters. The zero-order valence-electron chi connectivity index (χ0n) is 16.4. The molecule has 1 atom stereocenters. The Bertz CT molecular complexity index is 916. The molecule has 1 fully saturated rings. The van der Waals surface area contributed by atoms with E-state index in [9.17, 15) is 4.79 Å². The van der Waals surface area contributed by atoms with Crippen molar-refractivity contribution in [2.24, 2.45) is 0 Å². The van der Waals surface area contributed by atoms with Crippen LogP contribution in [0.2, 0.25) is 0 Å². The summed E-state index contributed by atoms with van der Waals surface area (Å²) in [5.74, 6) is 0. The number of imidazole rings is 1. The van der Waals surface area contributed by atoms with Crippen LogP contribution in [-0.2, 0) is 13.1 Å². The maximum absolute atomic E-state index is 12.9. The fraction of sp³-hybridized carbons (Fsp3) is 0.476. The number of carbonyl (C=O) groups is 1. The molecule has 1 aromatic carbocycles. The number of anilines is 1. The Morgan fingerprint density at radius 2 is 2.21 bits per heavy atom. The molecule has 148 valence electrons. The lowest BCUT2D eigenvalue weighted by Crippen LogP contribution is -2.46. The second kappa shape index (κ2) is 8.46. The lowest BCUT2D eigenvalue weighted by atomic mass is 10.00. The van der Waals surface area contributed by atoms with Gasteiger partial charge in [0.05, 0.1) is 17.4 Å². The molecule has 1 aliphatic heterocycles. The normalized spacial score (nSPS) is 17.2. The molecule has 2 aromatic heterocycles. The smallest absolute Gasteiger partial charge is 0.322 e. The molecule has 1 N–H and O–H groups in total. The quantitative estimate of drug-likeness (QED) is 0.699. The number of fused-ring (bicyclic) bond motifs is 1. The first-order chi connectivity index (χ1) is 13.7. The number of likely N-dealkylation sites (tertiary alicyclic amines) is 1. The van der Waals surface area contributed by atoms with E-state index in [1.165, 1.54) is 6.42 Å². The Kier molecular flexibility index (Phi) is 5.60. The summed E-state index contributed by atoms with van der Waals surface area (Å²) in [5, 5.41) is 7.35. The third-order valence-electron chi connectivity index (χ3n) is 5.48. The van der Waals surface area contributed by atoms with Gasteiger partial charge in [-0.1, -0.05) is 6.92 Å². The molecule has 1 aliphatic rings. The van der Waals surface area contributed by atoms with Crippen molar-refractivity contribution in [1.29, 1.82) is 0 Å². The minimum absolute atomic E-state index is 0.0162. The maximum Gasteiger partial charge on any atom is 0.322 e. The van der Waals surface area contributed by atoms with Crippen molar-refractivity contribution in [3.8, 4) is 0 Å². The topological polar surface area (TPSA) is 68.0 Å². The first-order valence-electron chi connectivity index (χ1n) is 10.2. The summed E-state index contributed by atoms with van der Waals surface area (Å²) in [5.41, 5.74) is 2.82. The van der Waals surface area contributed by atoms with Crippen LogP contribution < -0.4 is 5.32 Å². The third-order valence-corrected chi connectivity index (χ3v) is 5.48. The highest BCUT2D eigenvalue weighted by Crippen LogP contribution is 2.23. The van der Waals surface area contributed by atoms with Gasteiger partial charge in [-0.2, -0.15) is 5.10 Å². The van der Waals surface area contributed by atoms with E-state index in [4.69, 9.17) is 0 Å². The number of urea groups is 1. The molecule has 7 heteroatoms. The Morgan fingerprint density at radius 3 is 3.04 bits per heavy atom. The first-order valence-corrected chi connectivity index (χ1v) is 10.2. The predicted molar refractivity (Wildman–Crippen MR) is 110 cm³/mol. The third kappa shape index (κ3) is 4.03. The Morgan fingerprint density at radius 1 is 1.29 bits per heavy atom. The number of carbonyl (C=O) groups excluding carboxylic acids is 1. The molecular formula is C21H28N6O. The summed E-state index contributed by atoms with van der Waals surface area (Å²) in [6.07, 6.45) is 10.9. The Hall–Kier alpha value is -2.83. The highest BCUT2D eigenvalue weighted by atomic mass is 16.2. The summed E-state index contributed by atoms with van der Waals surface area (Å²) in [7, 11) is 0. The predicted octanol–water partition coefficient (Wildman–Crippen LogP) is 4.12. The van der Waals surface area contributed by atoms with Crippen LogP contribution in [0.1, 0.15) is 39.0 Å². The van der Waals surface area contributed by atoms with Crippen molar-refractivity contribution in [3.63, 3.8) is 0 Å². The average Bonchev–Trinajstić information content (AvgIpc) is 3.37. The molecule has 0 radical (unpaired) electrons. The number of rotatable bonds is 6. The summed E-state index contributed by atoms with van der Waals surface area (Å²) >= 11 is 0. The van der Waals surface area contributed by atoms with Crippen molar-refractivity contribution in [1.82, 2.24) is 24.2 Å². The fourth-order valence-electron chi connectivity index (χ4n) is 4.04. The van der Waals surface area contributed by atoms with Gasteiger partial charge in [0, 0.05) is 43.8 Å². The monoisotopic (exact) mass is 380 g/mol. The molecule has 0 bridgehead atoms. The van der Waals surface area contributed by atoms with Gasteiger partial charge < -0.3 is 14.8 Å². The van der Waals surface area contributed by atoms with Gasteiger partial charge in [0.15, 0.2) is 0 Å². The number of benzene rings is 1. The molecule has 2 amide bonds. The van der Waals surface area contributed by atoms with Crippen LogP contribution in [-0.4, -0.2) is 42.8 Å². The van der Waals surface area contributed by atoms with E-state index in [1.807, 2.05) is 46.4 Å². The molecular weight excluding hydrogens is 352 g/mol. The molecule has 3 aromatic rings. The maximum atomic E-state index is 12.9. The van der Waals surface area contributed by atoms with Crippen molar-refractivity contribution in [2.45, 2.75) is 58.2 Å². The van der Waals surface area contributed by atoms with Crippen LogP contribution in [0.4, 0.5) is 10.5 Å². The molecule has 0 spiro atoms. The van der Waals surface area contributed by atoms with Crippen LogP contribution in [0.15, 0.2) is 43.0 Å². The number of aromatic nitrogens is 4. The Balaban J connectivity index is 1.42. The second-order valence-electron chi connectivity index (χ2n) is 7.47. The van der Waals surface area contributed by atoms with Crippen molar-refractivity contribution < 1.29 is 4.79 Å². The first kappa shape index (κ1) is 18.5. The van der Waals surface area contributed by atoms with Gasteiger partial charge in [0.25, 0.3) is 0 Å². The zero-order valence-corrected chi connectivity index (χ0v) is 16.4. The van der Waals surface area contributed by atoms with E-state index in [1.54, 1.807) is 6.20 Å². The molecule has 28 heavy (non-hydrogen) atoms. The van der Waals surface area contributed by atoms with Crippen LogP contribution in [0.3, 0.4) is 0 Å². The number of hydrogen-bond donors (Lipinski definition) is 1. The largest absolute Gasteiger partial charge is 0.331 e. The summed E-state index contributed by atoms with van der Waals surface area (Å²) in [6, 6.07) is 8.14. The van der Waals surface area contributed by atoms with Crippen LogP contribution in [0.5, 0.6) is 0 Å². The molecule has 7 nitrogen and oxygen atoms in total. The van der Waals surface area contributed by atoms with Gasteiger partial charge in [-0.05, 0) is 56.4 Å². The number of nitrogens with zero attached hydrogens (tertiary/aromatic N) is 5. The van der Waals surface area contributed by atoms with Crippen LogP contribution >= 0.6 is 0 Å². The van der Waals surface area contributed by atoms with Crippen LogP contribution in [0.25, 0.3) is 11.0 Å². The van der Waals surface area contributed by atoms with Crippen molar-refractivity contribution in [2.75, 3.05) is 11.9 Å². The van der Waals surface area contributed by atoms with Gasteiger partial charge in [0.2, 0.25) is 0 Å². The number of amides is 2. The van der Waals surface area contributed by atoms with Crippen LogP contribution in [0, 0.1) is 0 Å². The van der Waals surface area contributed by atoms with E-state index in [2.05, 4.69) is 26.9 Å². The standard InChI is InChI=1S/C21H28N6O/c1-2-11-25-16-22-19-15-17(7-8-20(19)25)24-21(28)27-13-4-3-6-18(27)9-14-26-12-5-10-23-26/h5,7-8,10,12,15-16,18H,2-4,6,9,11,13-14H2,1H3,(H,24,28)/t18-/m0/s1. The van der Waals surface area contributed by atoms with E-state index in [-0.39, 0.29) is 12.1 Å². The fourth-order valence-corrected chi connectivity index (χ4v) is 4.04. The minimum Gasteiger partial charge on any atom is -0.331 e. The highest BCUT2D eigenvalue weighted by Gasteiger charge is 2.26. The van der Waals surface area contributed by atoms with Gasteiger partial charge in [0.1, 0.15) is 0 Å². The molecule has 3 heterocycles. The molecule has 1 saturated heterocycles. The van der Waals surface area contributed by atoms with Gasteiger partial charge >= 0.3 is 6.03 Å². The van der Waals surface area contributed by atoms with Gasteiger partial charge in [-0.25, -0.2) is 9.78 Å². The minimum atomic E-state index is -0.0162. The Labute approximate surface area is 165 Å². The zero-order chi connectivity index (χ0) is 19.3. The summed E-state index contributed by atoms with van der Waals surface area (Å²) in [6.45, 7) is 4.75. The molecule has 0 aliphatic carbocycles. The van der Waals surface area contributed by atoms with E-state index < -0.39 is 0 Å². The summed E-state index contributed by atoms with van der Waals surface area (Å²) < 4.78 is 4.09. The molecule has 0 saturated carbocycles. The second-order valence-corrected chi connectivity index (χ2v) is 7.47. The van der Waals surface area contributed by atoms with E-state index in [0.717, 1.165) is 62.0 Å². The lowest BCUT2D eigenvalue weighted by Gasteiger charge is -2.35. The SMILES string of the molecule is CCCn1cnc2cc(NC(=O)N3CCCC[C@H]3CCn3cccn3)ccc21. The number of nitrogens with one attached hydrogen (secondary N) is 1. The lowest BCUT2D eigenvalue weighted by molar-refractivity contribution is 0.154. The van der Waals surface area contributed by atoms with E-state index in [0.29, 0.717) is 0 Å². The number of hydrogen-bond acceptors (Lipinski definition) is 3. The molecule has 4 rings (SSSR count). The summed E-state index contributed by atoms with van der Waals surface area (Å²) in [4.78, 5) is 19.4. The van der Waals surface area contributed by atoms with Crippen molar-refractivity contribution in [3.05, 3.63) is 43.0 Å². The number of piperidine rings is 1. The number of aryl methyl sites for hydroxylation is 2. The average molecular weight is 380 g/mol. The highest BCUT2D eigenvalue weighted by molar-refractivity contribution is 5.92. The van der Waals surface area contributed by atoms with Crippen molar-refractivity contribution >= 4 is 22.8 Å². The van der Waals surface area contributed by atoms with Gasteiger partial charge in [-0.15, -0.1) is 0 Å². The van der Waals surface area contributed by atoms with E-state index >= 15 is 0 Å².